The molecule has 2 heterocycles. The number of aromatic nitrogens is 2. The molecular weight excluding hydrogens is 320 g/mol. The number of alkyl halides is 2. The minimum atomic E-state index is -2.55. The molecule has 1 N–H and O–H groups in total. The lowest BCUT2D eigenvalue weighted by Crippen LogP contribution is -2.22. The van der Waals surface area contributed by atoms with Crippen LogP contribution in [-0.2, 0) is 13.6 Å². The number of halogens is 2. The Labute approximate surface area is 135 Å². The van der Waals surface area contributed by atoms with Crippen LogP contribution >= 0.6 is 11.3 Å². The number of nitrogens with zero attached hydrogens (tertiary/aromatic N) is 2. The van der Waals surface area contributed by atoms with Gasteiger partial charge in [0.1, 0.15) is 0 Å². The maximum atomic E-state index is 12.6. The van der Waals surface area contributed by atoms with Crippen molar-refractivity contribution in [3.63, 3.8) is 0 Å². The Kier molecular flexibility index (Phi) is 4.12. The number of aryl methyl sites for hydroxylation is 2. The van der Waals surface area contributed by atoms with Crippen molar-refractivity contribution in [2.45, 2.75) is 19.9 Å². The number of carbonyl (C=O) groups is 1. The highest BCUT2D eigenvalue weighted by Gasteiger charge is 2.16. The third kappa shape index (κ3) is 2.96. The van der Waals surface area contributed by atoms with Crippen molar-refractivity contribution >= 4 is 28.3 Å². The van der Waals surface area contributed by atoms with Crippen LogP contribution in [0.1, 0.15) is 32.1 Å². The zero-order valence-electron chi connectivity index (χ0n) is 12.6. The second-order valence-electron chi connectivity index (χ2n) is 5.27. The molecule has 0 spiro atoms. The zero-order chi connectivity index (χ0) is 16.6. The largest absolute Gasteiger partial charge is 0.347 e. The van der Waals surface area contributed by atoms with E-state index in [9.17, 15) is 13.6 Å². The molecule has 1 aromatic carbocycles. The van der Waals surface area contributed by atoms with Gasteiger partial charge >= 0.3 is 0 Å². The fraction of sp³-hybridized carbons (Fsp3) is 0.250. The molecule has 0 radical (unpaired) electrons. The molecule has 0 aliphatic heterocycles. The van der Waals surface area contributed by atoms with E-state index in [1.165, 1.54) is 12.1 Å². The van der Waals surface area contributed by atoms with Crippen LogP contribution in [0.15, 0.2) is 30.6 Å². The van der Waals surface area contributed by atoms with Gasteiger partial charge in [-0.25, -0.2) is 13.8 Å². The van der Waals surface area contributed by atoms with E-state index in [1.807, 2.05) is 30.7 Å². The van der Waals surface area contributed by atoms with E-state index >= 15 is 0 Å². The van der Waals surface area contributed by atoms with Crippen molar-refractivity contribution in [2.75, 3.05) is 0 Å². The number of benzene rings is 1. The second-order valence-corrected chi connectivity index (χ2v) is 6.38. The average molecular weight is 335 g/mol. The fourth-order valence-electron chi connectivity index (χ4n) is 2.50. The van der Waals surface area contributed by atoms with Crippen LogP contribution in [0, 0.1) is 6.92 Å². The van der Waals surface area contributed by atoms with Crippen molar-refractivity contribution in [3.8, 4) is 0 Å². The van der Waals surface area contributed by atoms with Gasteiger partial charge in [0.15, 0.2) is 0 Å². The van der Waals surface area contributed by atoms with Crippen LogP contribution in [0.4, 0.5) is 8.78 Å². The molecule has 120 valence electrons. The molecule has 7 heteroatoms. The van der Waals surface area contributed by atoms with E-state index < -0.39 is 6.43 Å². The number of carbonyl (C=O) groups excluding carboxylic acids is 1. The van der Waals surface area contributed by atoms with Gasteiger partial charge in [-0.3, -0.25) is 4.79 Å². The van der Waals surface area contributed by atoms with Crippen molar-refractivity contribution in [1.82, 2.24) is 14.9 Å². The summed E-state index contributed by atoms with van der Waals surface area (Å²) in [4.78, 5) is 16.6. The normalized spacial score (nSPS) is 11.3. The van der Waals surface area contributed by atoms with E-state index in [2.05, 4.69) is 10.3 Å². The minimum absolute atomic E-state index is 0.0972. The van der Waals surface area contributed by atoms with Gasteiger partial charge in [-0.2, -0.15) is 0 Å². The van der Waals surface area contributed by atoms with Crippen LogP contribution in [0.2, 0.25) is 0 Å². The molecule has 2 aromatic heterocycles. The maximum absolute atomic E-state index is 12.6. The first-order valence-corrected chi connectivity index (χ1v) is 7.84. The van der Waals surface area contributed by atoms with Gasteiger partial charge in [-0.15, -0.1) is 11.3 Å². The van der Waals surface area contributed by atoms with Crippen molar-refractivity contribution in [2.24, 2.45) is 7.05 Å². The number of hydrogen-bond donors (Lipinski definition) is 1. The van der Waals surface area contributed by atoms with E-state index in [0.717, 1.165) is 33.5 Å². The van der Waals surface area contributed by atoms with Gasteiger partial charge < -0.3 is 9.88 Å². The van der Waals surface area contributed by atoms with Crippen LogP contribution in [0.25, 0.3) is 11.0 Å². The fourth-order valence-corrected chi connectivity index (χ4v) is 3.28. The number of imidazole rings is 1. The lowest BCUT2D eigenvalue weighted by atomic mass is 10.1. The molecule has 1 amide bonds. The van der Waals surface area contributed by atoms with E-state index in [1.54, 1.807) is 6.33 Å². The highest BCUT2D eigenvalue weighted by Crippen LogP contribution is 2.27. The van der Waals surface area contributed by atoms with Crippen LogP contribution < -0.4 is 5.32 Å². The molecule has 0 atom stereocenters. The average Bonchev–Trinajstić information content (AvgIpc) is 3.14. The monoisotopic (exact) mass is 335 g/mol. The quantitative estimate of drug-likeness (QED) is 0.788. The smallest absolute Gasteiger partial charge is 0.272 e. The summed E-state index contributed by atoms with van der Waals surface area (Å²) < 4.78 is 27.1. The van der Waals surface area contributed by atoms with E-state index in [4.69, 9.17) is 0 Å². The summed E-state index contributed by atoms with van der Waals surface area (Å²) in [6.07, 6.45) is -0.823. The Morgan fingerprint density at radius 3 is 2.83 bits per heavy atom. The first kappa shape index (κ1) is 15.6. The van der Waals surface area contributed by atoms with Gasteiger partial charge in [-0.1, -0.05) is 6.07 Å². The highest BCUT2D eigenvalue weighted by molar-refractivity contribution is 7.14. The lowest BCUT2D eigenvalue weighted by Gasteiger charge is -2.10. The minimum Gasteiger partial charge on any atom is -0.347 e. The first-order chi connectivity index (χ1) is 11.0. The number of amides is 1. The van der Waals surface area contributed by atoms with Crippen LogP contribution in [0.5, 0.6) is 0 Å². The maximum Gasteiger partial charge on any atom is 0.272 e. The number of fused-ring (bicyclic) bond motifs is 1. The summed E-state index contributed by atoms with van der Waals surface area (Å²) in [7, 11) is 1.90. The molecule has 3 rings (SSSR count). The molecule has 0 saturated heterocycles. The Morgan fingerprint density at radius 1 is 1.35 bits per heavy atom. The van der Waals surface area contributed by atoms with Crippen molar-refractivity contribution in [1.29, 1.82) is 0 Å². The molecule has 0 fully saturated rings. The van der Waals surface area contributed by atoms with Crippen molar-refractivity contribution in [3.05, 3.63) is 51.5 Å². The van der Waals surface area contributed by atoms with Crippen LogP contribution in [-0.4, -0.2) is 15.5 Å². The molecule has 3 aromatic rings. The third-order valence-corrected chi connectivity index (χ3v) is 4.80. The summed E-state index contributed by atoms with van der Waals surface area (Å²) in [5.41, 5.74) is 3.84. The SMILES string of the molecule is Cc1ccc2ncn(C)c2c1CNC(=O)c1ccc(C(F)F)s1. The first-order valence-electron chi connectivity index (χ1n) is 7.03. The van der Waals surface area contributed by atoms with Gasteiger partial charge in [0.25, 0.3) is 12.3 Å². The highest BCUT2D eigenvalue weighted by atomic mass is 32.1. The summed E-state index contributed by atoms with van der Waals surface area (Å²) >= 11 is 0.817. The summed E-state index contributed by atoms with van der Waals surface area (Å²) in [6, 6.07) is 6.61. The number of nitrogens with one attached hydrogen (secondary N) is 1. The third-order valence-electron chi connectivity index (χ3n) is 3.71. The molecule has 0 unspecified atom stereocenters. The summed E-state index contributed by atoms with van der Waals surface area (Å²) in [5.74, 6) is -0.347. The Morgan fingerprint density at radius 2 is 2.13 bits per heavy atom. The molecule has 4 nitrogen and oxygen atoms in total. The standard InChI is InChI=1S/C16H15F2N3OS/c1-9-3-4-11-14(21(2)8-20-11)10(9)7-19-16(22)13-6-5-12(23-13)15(17)18/h3-6,8,15H,7H2,1-2H3,(H,19,22). The zero-order valence-corrected chi connectivity index (χ0v) is 13.5. The number of hydrogen-bond acceptors (Lipinski definition) is 3. The van der Waals surface area contributed by atoms with Gasteiger partial charge in [0.05, 0.1) is 27.1 Å². The van der Waals surface area contributed by atoms with Gasteiger partial charge in [0, 0.05) is 19.2 Å². The Hall–Kier alpha value is -2.28. The molecule has 0 aliphatic carbocycles. The van der Waals surface area contributed by atoms with E-state index in [0.29, 0.717) is 6.54 Å². The molecule has 23 heavy (non-hydrogen) atoms. The molecular formula is C16H15F2N3OS. The number of thiophene rings is 1. The van der Waals surface area contributed by atoms with Gasteiger partial charge in [0.2, 0.25) is 0 Å². The second kappa shape index (κ2) is 6.08. The number of rotatable bonds is 4. The molecule has 0 aliphatic rings. The topological polar surface area (TPSA) is 46.9 Å². The van der Waals surface area contributed by atoms with E-state index in [-0.39, 0.29) is 15.7 Å². The lowest BCUT2D eigenvalue weighted by molar-refractivity contribution is 0.0955. The Bertz CT molecular complexity index is 869. The van der Waals surface area contributed by atoms with Gasteiger partial charge in [-0.05, 0) is 30.7 Å². The predicted molar refractivity (Wildman–Crippen MR) is 85.9 cm³/mol. The molecule has 0 saturated carbocycles. The Balaban J connectivity index is 1.81. The summed E-state index contributed by atoms with van der Waals surface area (Å²) in [6.45, 7) is 2.29. The predicted octanol–water partition coefficient (Wildman–Crippen LogP) is 3.81. The van der Waals surface area contributed by atoms with Crippen LogP contribution in [0.3, 0.4) is 0 Å². The van der Waals surface area contributed by atoms with Crippen molar-refractivity contribution < 1.29 is 13.6 Å². The summed E-state index contributed by atoms with van der Waals surface area (Å²) in [5, 5.41) is 2.80. The molecule has 0 bridgehead atoms.